The van der Waals surface area contributed by atoms with E-state index in [1.165, 1.54) is 30.6 Å². The Hall–Kier alpha value is -0.696. The SMILES string of the molecule is CCO[Si](C)(C)CCCN(CCC[Si](C)(C)OCC)c1ccncc1. The molecule has 1 aromatic heterocycles. The number of anilines is 1. The third kappa shape index (κ3) is 9.54. The van der Waals surface area contributed by atoms with Crippen molar-refractivity contribution in [3.05, 3.63) is 24.5 Å². The molecule has 144 valence electrons. The Morgan fingerprint density at radius 3 is 1.68 bits per heavy atom. The van der Waals surface area contributed by atoms with Crippen LogP contribution in [0.1, 0.15) is 26.7 Å². The van der Waals surface area contributed by atoms with E-state index in [-0.39, 0.29) is 0 Å². The third-order valence-electron chi connectivity index (χ3n) is 4.51. The summed E-state index contributed by atoms with van der Waals surface area (Å²) in [6.07, 6.45) is 6.15. The average Bonchev–Trinajstić information content (AvgIpc) is 2.54. The van der Waals surface area contributed by atoms with Gasteiger partial charge in [0.05, 0.1) is 0 Å². The predicted molar refractivity (Wildman–Crippen MR) is 114 cm³/mol. The molecule has 0 fully saturated rings. The molecule has 6 heteroatoms. The first kappa shape index (κ1) is 22.3. The summed E-state index contributed by atoms with van der Waals surface area (Å²) in [4.78, 5) is 6.67. The van der Waals surface area contributed by atoms with Crippen LogP contribution in [0.2, 0.25) is 38.3 Å². The molecule has 0 aliphatic carbocycles. The Bertz CT molecular complexity index is 446. The summed E-state index contributed by atoms with van der Waals surface area (Å²) in [6.45, 7) is 17.3. The highest BCUT2D eigenvalue weighted by Crippen LogP contribution is 2.20. The van der Waals surface area contributed by atoms with Crippen LogP contribution in [0.5, 0.6) is 0 Å². The molecule has 0 atom stereocenters. The van der Waals surface area contributed by atoms with Gasteiger partial charge in [0.15, 0.2) is 16.6 Å². The van der Waals surface area contributed by atoms with Gasteiger partial charge >= 0.3 is 0 Å². The van der Waals surface area contributed by atoms with Gasteiger partial charge in [0.2, 0.25) is 0 Å². The molecule has 0 amide bonds. The third-order valence-corrected chi connectivity index (χ3v) is 9.77. The molecule has 0 bridgehead atoms. The summed E-state index contributed by atoms with van der Waals surface area (Å²) >= 11 is 0. The van der Waals surface area contributed by atoms with Crippen LogP contribution in [0.25, 0.3) is 0 Å². The second-order valence-corrected chi connectivity index (χ2v) is 16.4. The zero-order valence-electron chi connectivity index (χ0n) is 17.2. The van der Waals surface area contributed by atoms with Gasteiger partial charge in [-0.1, -0.05) is 0 Å². The molecule has 1 aromatic rings. The van der Waals surface area contributed by atoms with E-state index in [1.54, 1.807) is 0 Å². The van der Waals surface area contributed by atoms with Crippen LogP contribution >= 0.6 is 0 Å². The Labute approximate surface area is 157 Å². The van der Waals surface area contributed by atoms with Crippen LogP contribution in [-0.2, 0) is 8.85 Å². The van der Waals surface area contributed by atoms with E-state index in [9.17, 15) is 0 Å². The highest BCUT2D eigenvalue weighted by molar-refractivity contribution is 6.71. The van der Waals surface area contributed by atoms with Gasteiger partial charge in [-0.15, -0.1) is 0 Å². The second-order valence-electron chi connectivity index (χ2n) is 7.78. The van der Waals surface area contributed by atoms with Crippen molar-refractivity contribution < 1.29 is 8.85 Å². The minimum Gasteiger partial charge on any atom is -0.418 e. The van der Waals surface area contributed by atoms with Crippen molar-refractivity contribution in [1.29, 1.82) is 0 Å². The van der Waals surface area contributed by atoms with E-state index in [0.29, 0.717) is 0 Å². The maximum absolute atomic E-state index is 5.97. The number of hydrogen-bond donors (Lipinski definition) is 0. The molecular formula is C19H38N2O2Si2. The molecule has 4 nitrogen and oxygen atoms in total. The number of rotatable bonds is 13. The van der Waals surface area contributed by atoms with E-state index in [0.717, 1.165) is 26.3 Å². The van der Waals surface area contributed by atoms with Crippen molar-refractivity contribution in [2.75, 3.05) is 31.2 Å². The normalized spacial score (nSPS) is 12.4. The zero-order valence-corrected chi connectivity index (χ0v) is 19.2. The fourth-order valence-corrected chi connectivity index (χ4v) is 7.11. The monoisotopic (exact) mass is 382 g/mol. The van der Waals surface area contributed by atoms with Gasteiger partial charge in [-0.3, -0.25) is 4.98 Å². The number of aromatic nitrogens is 1. The number of hydrogen-bond acceptors (Lipinski definition) is 4. The molecule has 0 radical (unpaired) electrons. The Morgan fingerprint density at radius 2 is 1.28 bits per heavy atom. The van der Waals surface area contributed by atoms with E-state index >= 15 is 0 Å². The fraction of sp³-hybridized carbons (Fsp3) is 0.737. The van der Waals surface area contributed by atoms with E-state index in [2.05, 4.69) is 62.1 Å². The van der Waals surface area contributed by atoms with Crippen LogP contribution in [0.3, 0.4) is 0 Å². The summed E-state index contributed by atoms with van der Waals surface area (Å²) in [7, 11) is -2.99. The molecule has 0 N–H and O–H groups in total. The second kappa shape index (κ2) is 11.1. The lowest BCUT2D eigenvalue weighted by Crippen LogP contribution is -2.34. The van der Waals surface area contributed by atoms with Gasteiger partial charge in [-0.2, -0.15) is 0 Å². The molecular weight excluding hydrogens is 344 g/mol. The lowest BCUT2D eigenvalue weighted by atomic mass is 10.3. The first-order valence-electron chi connectivity index (χ1n) is 9.72. The van der Waals surface area contributed by atoms with Crippen molar-refractivity contribution in [1.82, 2.24) is 4.98 Å². The summed E-state index contributed by atoms with van der Waals surface area (Å²) in [5, 5.41) is 0. The van der Waals surface area contributed by atoms with Crippen LogP contribution in [-0.4, -0.2) is 47.9 Å². The van der Waals surface area contributed by atoms with Crippen LogP contribution in [0.4, 0.5) is 5.69 Å². The Morgan fingerprint density at radius 1 is 0.840 bits per heavy atom. The van der Waals surface area contributed by atoms with Gasteiger partial charge in [-0.25, -0.2) is 0 Å². The summed E-state index contributed by atoms with van der Waals surface area (Å²) in [5.74, 6) is 0. The van der Waals surface area contributed by atoms with Crippen molar-refractivity contribution in [2.24, 2.45) is 0 Å². The zero-order chi connectivity index (χ0) is 18.8. The van der Waals surface area contributed by atoms with Gasteiger partial charge in [-0.05, 0) is 77.1 Å². The summed E-state index contributed by atoms with van der Waals surface area (Å²) in [6, 6.07) is 6.66. The topological polar surface area (TPSA) is 34.6 Å². The molecule has 0 aliphatic rings. The standard InChI is InChI=1S/C19H38N2O2Si2/c1-7-22-24(3,4)17-9-15-21(19-11-13-20-14-12-19)16-10-18-25(5,6)23-8-2/h11-14H,7-10,15-18H2,1-6H3. The molecule has 0 aromatic carbocycles. The van der Waals surface area contributed by atoms with Crippen molar-refractivity contribution in [2.45, 2.75) is 65.0 Å². The maximum atomic E-state index is 5.97. The summed E-state index contributed by atoms with van der Waals surface area (Å²) in [5.41, 5.74) is 1.28. The van der Waals surface area contributed by atoms with Crippen LogP contribution in [0.15, 0.2) is 24.5 Å². The lowest BCUT2D eigenvalue weighted by molar-refractivity contribution is 0.328. The van der Waals surface area contributed by atoms with Gasteiger partial charge in [0.25, 0.3) is 0 Å². The highest BCUT2D eigenvalue weighted by Gasteiger charge is 2.23. The predicted octanol–water partition coefficient (Wildman–Crippen LogP) is 5.15. The highest BCUT2D eigenvalue weighted by atomic mass is 28.4. The summed E-state index contributed by atoms with van der Waals surface area (Å²) < 4.78 is 11.9. The molecule has 1 rings (SSSR count). The largest absolute Gasteiger partial charge is 0.418 e. The molecule has 0 saturated heterocycles. The van der Waals surface area contributed by atoms with Gasteiger partial charge < -0.3 is 13.8 Å². The molecule has 0 unspecified atom stereocenters. The number of pyridine rings is 1. The molecule has 25 heavy (non-hydrogen) atoms. The lowest BCUT2D eigenvalue weighted by Gasteiger charge is -2.29. The smallest absolute Gasteiger partial charge is 0.186 e. The van der Waals surface area contributed by atoms with Crippen molar-refractivity contribution in [3.8, 4) is 0 Å². The van der Waals surface area contributed by atoms with E-state index in [4.69, 9.17) is 8.85 Å². The minimum absolute atomic E-state index is 0.838. The number of nitrogens with zero attached hydrogens (tertiary/aromatic N) is 2. The average molecular weight is 383 g/mol. The van der Waals surface area contributed by atoms with Crippen LogP contribution in [0, 0.1) is 0 Å². The van der Waals surface area contributed by atoms with Gasteiger partial charge in [0.1, 0.15) is 0 Å². The Balaban J connectivity index is 2.56. The Kier molecular flexibility index (Phi) is 9.93. The van der Waals surface area contributed by atoms with Crippen molar-refractivity contribution >= 4 is 22.3 Å². The maximum Gasteiger partial charge on any atom is 0.186 e. The first-order chi connectivity index (χ1) is 11.8. The quantitative estimate of drug-likeness (QED) is 0.442. The fourth-order valence-electron chi connectivity index (χ4n) is 3.24. The van der Waals surface area contributed by atoms with Gasteiger partial charge in [0, 0.05) is 44.4 Å². The van der Waals surface area contributed by atoms with E-state index in [1.807, 2.05) is 12.4 Å². The molecule has 0 aliphatic heterocycles. The molecule has 0 saturated carbocycles. The molecule has 0 spiro atoms. The van der Waals surface area contributed by atoms with Crippen molar-refractivity contribution in [3.63, 3.8) is 0 Å². The van der Waals surface area contributed by atoms with Crippen LogP contribution < -0.4 is 4.90 Å². The molecule has 1 heterocycles. The minimum atomic E-state index is -1.50. The van der Waals surface area contributed by atoms with E-state index < -0.39 is 16.6 Å². The first-order valence-corrected chi connectivity index (χ1v) is 16.0.